The minimum absolute atomic E-state index is 0.222. The van der Waals surface area contributed by atoms with E-state index in [0.717, 1.165) is 68.9 Å². The van der Waals surface area contributed by atoms with Crippen molar-refractivity contribution < 1.29 is 23.7 Å². The molecule has 0 aromatic heterocycles. The summed E-state index contributed by atoms with van der Waals surface area (Å²) in [5.41, 5.74) is 3.98. The number of hydrogen-bond acceptors (Lipinski definition) is 5. The molecule has 0 spiro atoms. The maximum Gasteiger partial charge on any atom is 0.132 e. The van der Waals surface area contributed by atoms with E-state index in [0.29, 0.717) is 13.2 Å². The molecule has 0 aliphatic carbocycles. The van der Waals surface area contributed by atoms with E-state index in [2.05, 4.69) is 109 Å². The topological polar surface area (TPSA) is 52.8 Å². The first-order valence-electron chi connectivity index (χ1n) is 15.2. The Morgan fingerprint density at radius 1 is 0.523 bits per heavy atom. The number of rotatable bonds is 8. The van der Waals surface area contributed by atoms with Gasteiger partial charge < -0.3 is 23.7 Å². The number of para-hydroxylation sites is 2. The summed E-state index contributed by atoms with van der Waals surface area (Å²) in [4.78, 5) is 0. The van der Waals surface area contributed by atoms with E-state index >= 15 is 0 Å². The summed E-state index contributed by atoms with van der Waals surface area (Å²) in [6.07, 6.45) is 0.444. The molecule has 44 heavy (non-hydrogen) atoms. The average molecular weight is 579 g/mol. The zero-order chi connectivity index (χ0) is 29.1. The first-order chi connectivity index (χ1) is 21.7. The van der Waals surface area contributed by atoms with Crippen molar-refractivity contribution in [3.05, 3.63) is 144 Å². The second-order valence-electron chi connectivity index (χ2n) is 11.8. The first-order valence-corrected chi connectivity index (χ1v) is 15.2. The fraction of sp³-hybridized carbons (Fsp3) is 0.179. The SMILES string of the molecule is c1ccc2c(c1)Oc1ccccc1C2(c1ccc2cc(OCC3CO3)ccc2c1)c1ccc2cc(OCC3CO3)ccc2c1. The molecule has 3 aliphatic heterocycles. The third-order valence-electron chi connectivity index (χ3n) is 8.97. The largest absolute Gasteiger partial charge is 0.491 e. The lowest BCUT2D eigenvalue weighted by molar-refractivity contribution is 0.263. The third kappa shape index (κ3) is 4.39. The maximum atomic E-state index is 6.53. The molecule has 9 rings (SSSR count). The predicted molar refractivity (Wildman–Crippen MR) is 170 cm³/mol. The summed E-state index contributed by atoms with van der Waals surface area (Å²) in [5.74, 6) is 3.45. The highest BCUT2D eigenvalue weighted by Crippen LogP contribution is 2.55. The van der Waals surface area contributed by atoms with Crippen molar-refractivity contribution >= 4 is 21.5 Å². The molecule has 6 aromatic carbocycles. The van der Waals surface area contributed by atoms with Crippen LogP contribution in [0, 0.1) is 0 Å². The van der Waals surface area contributed by atoms with Crippen LogP contribution in [0.1, 0.15) is 22.3 Å². The van der Waals surface area contributed by atoms with E-state index in [1.54, 1.807) is 0 Å². The Labute approximate surface area is 255 Å². The van der Waals surface area contributed by atoms with Crippen LogP contribution in [0.2, 0.25) is 0 Å². The Kier molecular flexibility index (Phi) is 5.90. The van der Waals surface area contributed by atoms with Crippen molar-refractivity contribution in [2.24, 2.45) is 0 Å². The zero-order valence-corrected chi connectivity index (χ0v) is 24.1. The van der Waals surface area contributed by atoms with E-state index in [-0.39, 0.29) is 12.2 Å². The normalized spacial score (nSPS) is 19.1. The van der Waals surface area contributed by atoms with Gasteiger partial charge in [-0.05, 0) is 81.2 Å². The molecule has 3 heterocycles. The molecule has 3 aliphatic rings. The summed E-state index contributed by atoms with van der Waals surface area (Å²) in [6, 6.07) is 43.1. The third-order valence-corrected chi connectivity index (χ3v) is 8.97. The van der Waals surface area contributed by atoms with Crippen LogP contribution in [0.25, 0.3) is 21.5 Å². The molecule has 0 saturated carbocycles. The van der Waals surface area contributed by atoms with Gasteiger partial charge in [-0.25, -0.2) is 0 Å². The Hall–Kier alpha value is -4.84. The Bertz CT molecular complexity index is 1890. The van der Waals surface area contributed by atoms with Gasteiger partial charge in [0.2, 0.25) is 0 Å². The number of fused-ring (bicyclic) bond motifs is 4. The van der Waals surface area contributed by atoms with Crippen molar-refractivity contribution in [3.63, 3.8) is 0 Å². The van der Waals surface area contributed by atoms with Gasteiger partial charge in [0.1, 0.15) is 48.4 Å². The van der Waals surface area contributed by atoms with Crippen LogP contribution in [-0.2, 0) is 14.9 Å². The first kappa shape index (κ1) is 25.6. The second kappa shape index (κ2) is 10.1. The van der Waals surface area contributed by atoms with Crippen LogP contribution in [0.5, 0.6) is 23.0 Å². The van der Waals surface area contributed by atoms with E-state index in [9.17, 15) is 0 Å². The second-order valence-corrected chi connectivity index (χ2v) is 11.8. The molecule has 2 fully saturated rings. The molecular weight excluding hydrogens is 548 g/mol. The van der Waals surface area contributed by atoms with Gasteiger partial charge >= 0.3 is 0 Å². The van der Waals surface area contributed by atoms with Crippen molar-refractivity contribution in [2.75, 3.05) is 26.4 Å². The minimum Gasteiger partial charge on any atom is -0.491 e. The smallest absolute Gasteiger partial charge is 0.132 e. The van der Waals surface area contributed by atoms with E-state index < -0.39 is 5.41 Å². The lowest BCUT2D eigenvalue weighted by atomic mass is 9.63. The summed E-state index contributed by atoms with van der Waals surface area (Å²) in [6.45, 7) is 2.74. The van der Waals surface area contributed by atoms with Crippen LogP contribution in [0.4, 0.5) is 0 Å². The van der Waals surface area contributed by atoms with Gasteiger partial charge in [0, 0.05) is 11.1 Å². The minimum atomic E-state index is -0.606. The lowest BCUT2D eigenvalue weighted by Gasteiger charge is -2.41. The maximum absolute atomic E-state index is 6.53. The molecule has 0 radical (unpaired) electrons. The molecule has 0 bridgehead atoms. The van der Waals surface area contributed by atoms with Crippen LogP contribution in [0.3, 0.4) is 0 Å². The van der Waals surface area contributed by atoms with Gasteiger partial charge in [0.25, 0.3) is 0 Å². The fourth-order valence-electron chi connectivity index (χ4n) is 6.58. The van der Waals surface area contributed by atoms with Crippen LogP contribution in [-0.4, -0.2) is 38.6 Å². The van der Waals surface area contributed by atoms with Gasteiger partial charge in [-0.15, -0.1) is 0 Å². The van der Waals surface area contributed by atoms with Crippen molar-refractivity contribution in [2.45, 2.75) is 17.6 Å². The molecule has 6 aromatic rings. The summed E-state index contributed by atoms with van der Waals surface area (Å²) in [7, 11) is 0. The molecule has 5 heteroatoms. The number of ether oxygens (including phenoxy) is 5. The summed E-state index contributed by atoms with van der Waals surface area (Å²) in [5, 5.41) is 4.57. The predicted octanol–water partition coefficient (Wildman–Crippen LogP) is 8.04. The van der Waals surface area contributed by atoms with Gasteiger partial charge in [-0.1, -0.05) is 72.8 Å². The fourth-order valence-corrected chi connectivity index (χ4v) is 6.58. The van der Waals surface area contributed by atoms with Crippen molar-refractivity contribution in [1.82, 2.24) is 0 Å². The standard InChI is InChI=1S/C39H30O5/c1-3-7-37-35(5-1)39(36-6-2-4-8-38(36)44-37,29-13-9-27-19-31(15-11-25(27)17-29)40-21-33-23-42-33)30-14-10-28-20-32(16-12-26(28)18-30)41-22-34-24-43-34/h1-20,33-34H,21-24H2. The lowest BCUT2D eigenvalue weighted by Crippen LogP contribution is -2.34. The monoisotopic (exact) mass is 578 g/mol. The molecule has 2 unspecified atom stereocenters. The van der Waals surface area contributed by atoms with E-state index in [1.165, 1.54) is 11.1 Å². The van der Waals surface area contributed by atoms with Gasteiger partial charge in [-0.2, -0.15) is 0 Å². The molecule has 0 amide bonds. The average Bonchev–Trinajstić information content (AvgIpc) is 4.01. The van der Waals surface area contributed by atoms with Gasteiger partial charge in [0.15, 0.2) is 0 Å². The van der Waals surface area contributed by atoms with Crippen LogP contribution < -0.4 is 14.2 Å². The number of epoxide rings is 2. The number of benzene rings is 6. The van der Waals surface area contributed by atoms with Gasteiger partial charge in [-0.3, -0.25) is 0 Å². The Balaban J connectivity index is 1.23. The molecule has 5 nitrogen and oxygen atoms in total. The highest BCUT2D eigenvalue weighted by Gasteiger charge is 2.45. The molecule has 0 N–H and O–H groups in total. The van der Waals surface area contributed by atoms with E-state index in [4.69, 9.17) is 23.7 Å². The summed E-state index contributed by atoms with van der Waals surface area (Å²) < 4.78 is 29.1. The van der Waals surface area contributed by atoms with Crippen LogP contribution >= 0.6 is 0 Å². The number of hydrogen-bond donors (Lipinski definition) is 0. The molecule has 2 saturated heterocycles. The van der Waals surface area contributed by atoms with Crippen LogP contribution in [0.15, 0.2) is 121 Å². The highest BCUT2D eigenvalue weighted by molar-refractivity contribution is 5.88. The Morgan fingerprint density at radius 3 is 1.43 bits per heavy atom. The van der Waals surface area contributed by atoms with Gasteiger partial charge in [0.05, 0.1) is 18.6 Å². The highest BCUT2D eigenvalue weighted by atomic mass is 16.6. The van der Waals surface area contributed by atoms with Crippen molar-refractivity contribution in [3.8, 4) is 23.0 Å². The molecular formula is C39H30O5. The molecule has 2 atom stereocenters. The van der Waals surface area contributed by atoms with E-state index in [1.807, 2.05) is 12.1 Å². The Morgan fingerprint density at radius 2 is 0.955 bits per heavy atom. The quantitative estimate of drug-likeness (QED) is 0.171. The zero-order valence-electron chi connectivity index (χ0n) is 24.1. The van der Waals surface area contributed by atoms with Crippen molar-refractivity contribution in [1.29, 1.82) is 0 Å². The molecule has 216 valence electrons. The summed E-state index contributed by atoms with van der Waals surface area (Å²) >= 11 is 0.